The number of halogens is 1. The zero-order valence-electron chi connectivity index (χ0n) is 11.5. The van der Waals surface area contributed by atoms with Crippen molar-refractivity contribution in [2.75, 3.05) is 7.11 Å². The van der Waals surface area contributed by atoms with Crippen LogP contribution in [0.15, 0.2) is 28.9 Å². The highest BCUT2D eigenvalue weighted by molar-refractivity contribution is 9.10. The van der Waals surface area contributed by atoms with Crippen LogP contribution in [0.25, 0.3) is 5.69 Å². The number of methoxy groups -OCH3 is 1. The summed E-state index contributed by atoms with van der Waals surface area (Å²) < 4.78 is 9.00. The van der Waals surface area contributed by atoms with E-state index in [1.165, 1.54) is 0 Å². The lowest BCUT2D eigenvalue weighted by molar-refractivity contribution is 0.414. The average molecular weight is 341 g/mol. The first-order valence-electron chi connectivity index (χ1n) is 5.99. The van der Waals surface area contributed by atoms with Crippen molar-refractivity contribution in [1.82, 2.24) is 9.55 Å². The normalized spacial score (nSPS) is 11.6. The molecule has 19 heavy (non-hydrogen) atoms. The number of benzene rings is 1. The second-order valence-electron chi connectivity index (χ2n) is 5.38. The Morgan fingerprint density at radius 1 is 1.32 bits per heavy atom. The maximum atomic E-state index is 5.41. The summed E-state index contributed by atoms with van der Waals surface area (Å²) in [4.78, 5) is 3.12. The van der Waals surface area contributed by atoms with E-state index in [9.17, 15) is 0 Å². The quantitative estimate of drug-likeness (QED) is 0.809. The molecule has 0 saturated carbocycles. The van der Waals surface area contributed by atoms with Crippen LogP contribution in [-0.2, 0) is 5.41 Å². The number of H-pyrrole nitrogens is 1. The van der Waals surface area contributed by atoms with Gasteiger partial charge in [-0.1, -0.05) is 20.8 Å². The molecule has 2 aromatic rings. The first kappa shape index (κ1) is 14.3. The van der Waals surface area contributed by atoms with Crippen molar-refractivity contribution >= 4 is 28.1 Å². The Hall–Kier alpha value is -1.07. The summed E-state index contributed by atoms with van der Waals surface area (Å²) in [5, 5.41) is 0. The van der Waals surface area contributed by atoms with Crippen molar-refractivity contribution < 1.29 is 4.74 Å². The average Bonchev–Trinajstić information content (AvgIpc) is 2.71. The number of hydrogen-bond acceptors (Lipinski definition) is 2. The molecule has 0 radical (unpaired) electrons. The van der Waals surface area contributed by atoms with Gasteiger partial charge in [-0.15, -0.1) is 0 Å². The van der Waals surface area contributed by atoms with E-state index >= 15 is 0 Å². The van der Waals surface area contributed by atoms with Crippen molar-refractivity contribution in [3.8, 4) is 11.4 Å². The highest BCUT2D eigenvalue weighted by atomic mass is 79.9. The van der Waals surface area contributed by atoms with Gasteiger partial charge in [0.1, 0.15) is 5.75 Å². The fraction of sp³-hybridized carbons (Fsp3) is 0.357. The van der Waals surface area contributed by atoms with E-state index in [1.54, 1.807) is 7.11 Å². The molecule has 3 nitrogen and oxygen atoms in total. The van der Waals surface area contributed by atoms with Crippen molar-refractivity contribution in [1.29, 1.82) is 0 Å². The highest BCUT2D eigenvalue weighted by Gasteiger charge is 2.21. The Morgan fingerprint density at radius 3 is 2.58 bits per heavy atom. The molecule has 2 rings (SSSR count). The molecule has 102 valence electrons. The van der Waals surface area contributed by atoms with Crippen LogP contribution in [-0.4, -0.2) is 16.7 Å². The van der Waals surface area contributed by atoms with Gasteiger partial charge in [-0.05, 0) is 40.3 Å². The Morgan fingerprint density at radius 2 is 2.00 bits per heavy atom. The van der Waals surface area contributed by atoms with E-state index in [-0.39, 0.29) is 5.41 Å². The molecular weight excluding hydrogens is 324 g/mol. The largest absolute Gasteiger partial charge is 0.497 e. The van der Waals surface area contributed by atoms with Gasteiger partial charge in [-0.25, -0.2) is 0 Å². The highest BCUT2D eigenvalue weighted by Crippen LogP contribution is 2.31. The van der Waals surface area contributed by atoms with Gasteiger partial charge in [-0.3, -0.25) is 4.57 Å². The minimum atomic E-state index is -0.00389. The molecule has 1 N–H and O–H groups in total. The molecule has 0 aliphatic heterocycles. The van der Waals surface area contributed by atoms with Crippen LogP contribution in [0.3, 0.4) is 0 Å². The fourth-order valence-corrected chi connectivity index (χ4v) is 2.63. The number of rotatable bonds is 2. The smallest absolute Gasteiger partial charge is 0.182 e. The molecule has 0 saturated heterocycles. The third kappa shape index (κ3) is 2.77. The molecule has 1 heterocycles. The standard InChI is InChI=1S/C14H17BrN2OS/c1-14(2,3)12-8-16-13(19)17(12)11-7-9(18-4)5-6-10(11)15/h5-8H,1-4H3,(H,16,19). The molecule has 0 amide bonds. The second-order valence-corrected chi connectivity index (χ2v) is 6.62. The third-order valence-corrected chi connectivity index (χ3v) is 3.91. The molecule has 0 spiro atoms. The first-order chi connectivity index (χ1) is 8.84. The van der Waals surface area contributed by atoms with Crippen LogP contribution >= 0.6 is 28.1 Å². The minimum absolute atomic E-state index is 0.00389. The summed E-state index contributed by atoms with van der Waals surface area (Å²) >= 11 is 8.99. The first-order valence-corrected chi connectivity index (χ1v) is 7.19. The van der Waals surface area contributed by atoms with Crippen molar-refractivity contribution in [2.45, 2.75) is 26.2 Å². The van der Waals surface area contributed by atoms with Crippen LogP contribution in [0.2, 0.25) is 0 Å². The lowest BCUT2D eigenvalue weighted by Crippen LogP contribution is -2.17. The summed E-state index contributed by atoms with van der Waals surface area (Å²) in [7, 11) is 1.66. The molecule has 0 aliphatic carbocycles. The molecule has 1 aromatic heterocycles. The van der Waals surface area contributed by atoms with Crippen LogP contribution in [0.4, 0.5) is 0 Å². The van der Waals surface area contributed by atoms with Gasteiger partial charge in [-0.2, -0.15) is 0 Å². The van der Waals surface area contributed by atoms with Crippen molar-refractivity contribution in [3.05, 3.63) is 39.3 Å². The monoisotopic (exact) mass is 340 g/mol. The lowest BCUT2D eigenvalue weighted by atomic mass is 9.92. The van der Waals surface area contributed by atoms with Crippen molar-refractivity contribution in [3.63, 3.8) is 0 Å². The van der Waals surface area contributed by atoms with Gasteiger partial charge in [0.25, 0.3) is 0 Å². The van der Waals surface area contributed by atoms with E-state index < -0.39 is 0 Å². The number of nitrogens with one attached hydrogen (secondary N) is 1. The summed E-state index contributed by atoms with van der Waals surface area (Å²) in [6.07, 6.45) is 1.97. The van der Waals surface area contributed by atoms with E-state index in [0.717, 1.165) is 21.6 Å². The maximum Gasteiger partial charge on any atom is 0.182 e. The summed E-state index contributed by atoms with van der Waals surface area (Å²) in [6, 6.07) is 5.86. The Balaban J connectivity index is 2.72. The predicted octanol–water partition coefficient (Wildman–Crippen LogP) is 4.60. The van der Waals surface area contributed by atoms with Crippen LogP contribution in [0.1, 0.15) is 26.5 Å². The van der Waals surface area contributed by atoms with E-state index in [0.29, 0.717) is 4.77 Å². The molecule has 0 aliphatic rings. The molecule has 0 atom stereocenters. The Labute approximate surface area is 126 Å². The van der Waals surface area contributed by atoms with Gasteiger partial charge >= 0.3 is 0 Å². The van der Waals surface area contributed by atoms with E-state index in [4.69, 9.17) is 17.0 Å². The number of nitrogens with zero attached hydrogens (tertiary/aromatic N) is 1. The van der Waals surface area contributed by atoms with E-state index in [2.05, 4.69) is 41.7 Å². The fourth-order valence-electron chi connectivity index (χ4n) is 1.95. The summed E-state index contributed by atoms with van der Waals surface area (Å²) in [6.45, 7) is 6.49. The number of aromatic nitrogens is 2. The zero-order chi connectivity index (χ0) is 14.2. The minimum Gasteiger partial charge on any atom is -0.497 e. The molecule has 0 bridgehead atoms. The van der Waals surface area contributed by atoms with Crippen LogP contribution in [0.5, 0.6) is 5.75 Å². The topological polar surface area (TPSA) is 29.9 Å². The number of imidazole rings is 1. The Bertz CT molecular complexity index is 652. The van der Waals surface area contributed by atoms with Gasteiger partial charge in [0.15, 0.2) is 4.77 Å². The Kier molecular flexibility index (Phi) is 3.87. The molecule has 1 aromatic carbocycles. The van der Waals surface area contributed by atoms with E-state index in [1.807, 2.05) is 29.0 Å². The summed E-state index contributed by atoms with van der Waals surface area (Å²) in [5.41, 5.74) is 2.11. The molecule has 5 heteroatoms. The van der Waals surface area contributed by atoms with Gasteiger partial charge in [0.05, 0.1) is 12.8 Å². The predicted molar refractivity (Wildman–Crippen MR) is 83.9 cm³/mol. The maximum absolute atomic E-state index is 5.41. The van der Waals surface area contributed by atoms with Crippen LogP contribution < -0.4 is 4.74 Å². The molecule has 0 fully saturated rings. The summed E-state index contributed by atoms with van der Waals surface area (Å²) in [5.74, 6) is 0.807. The lowest BCUT2D eigenvalue weighted by Gasteiger charge is -2.21. The number of aromatic amines is 1. The number of hydrogen-bond donors (Lipinski definition) is 1. The van der Waals surface area contributed by atoms with Crippen LogP contribution in [0, 0.1) is 4.77 Å². The molecular formula is C14H17BrN2OS. The second kappa shape index (κ2) is 5.13. The third-order valence-electron chi connectivity index (χ3n) is 2.94. The van der Waals surface area contributed by atoms with Gasteiger partial charge in [0.2, 0.25) is 0 Å². The zero-order valence-corrected chi connectivity index (χ0v) is 13.9. The number of ether oxygens (including phenoxy) is 1. The van der Waals surface area contributed by atoms with Gasteiger partial charge < -0.3 is 9.72 Å². The molecule has 0 unspecified atom stereocenters. The van der Waals surface area contributed by atoms with Gasteiger partial charge in [0, 0.05) is 27.8 Å². The van der Waals surface area contributed by atoms with Crippen molar-refractivity contribution in [2.24, 2.45) is 0 Å². The SMILES string of the molecule is COc1ccc(Br)c(-n2c(C(C)(C)C)c[nH]c2=S)c1.